The molecule has 3 heterocycles. The number of aryl methyl sites for hydroxylation is 1. The first-order valence-electron chi connectivity index (χ1n) is 13.2. The standard InChI is InChI=1S/C31H33Cl2N3O2S/c1-18-13-20(19(2)36(18)22-9-11-25(32)26(33)15-22)16-35-30-28(29(37)34-17-23-7-6-12-38-23)24-10-8-21(31(3,4)5)14-27(24)39-30/h6-7,9,11-13,15-16,21H,8,10,14,17H2,1-5H3,(H,34,37)/t21-/m0/s1. The van der Waals surface area contributed by atoms with Gasteiger partial charge in [0.25, 0.3) is 5.91 Å². The lowest BCUT2D eigenvalue weighted by Gasteiger charge is -2.33. The van der Waals surface area contributed by atoms with E-state index < -0.39 is 0 Å². The van der Waals surface area contributed by atoms with Crippen LogP contribution in [0.3, 0.4) is 0 Å². The maximum absolute atomic E-state index is 13.5. The molecule has 4 aromatic rings. The SMILES string of the molecule is Cc1cc(C=Nc2sc3c(c2C(=O)NCc2ccco2)CC[C@H](C(C)(C)C)C3)c(C)n1-c1ccc(Cl)c(Cl)c1. The number of thiophene rings is 1. The van der Waals surface area contributed by atoms with Crippen molar-refractivity contribution in [2.45, 2.75) is 60.4 Å². The number of nitrogens with zero attached hydrogens (tertiary/aromatic N) is 2. The summed E-state index contributed by atoms with van der Waals surface area (Å²) in [4.78, 5) is 19.7. The molecule has 0 saturated carbocycles. The summed E-state index contributed by atoms with van der Waals surface area (Å²) in [5, 5.41) is 4.84. The predicted octanol–water partition coefficient (Wildman–Crippen LogP) is 8.89. The van der Waals surface area contributed by atoms with Gasteiger partial charge >= 0.3 is 0 Å². The van der Waals surface area contributed by atoms with Crippen LogP contribution in [-0.2, 0) is 19.4 Å². The fourth-order valence-corrected chi connectivity index (χ4v) is 6.93. The third-order valence-corrected chi connectivity index (χ3v) is 9.56. The second-order valence-electron chi connectivity index (χ2n) is 11.3. The van der Waals surface area contributed by atoms with Gasteiger partial charge < -0.3 is 14.3 Å². The molecule has 8 heteroatoms. The number of halogens is 2. The Morgan fingerprint density at radius 1 is 1.21 bits per heavy atom. The average Bonchev–Trinajstić information content (AvgIpc) is 3.60. The Balaban J connectivity index is 1.49. The topological polar surface area (TPSA) is 59.5 Å². The van der Waals surface area contributed by atoms with E-state index in [1.54, 1.807) is 23.7 Å². The van der Waals surface area contributed by atoms with Crippen LogP contribution in [0.2, 0.25) is 10.0 Å². The third-order valence-electron chi connectivity index (χ3n) is 7.65. The van der Waals surface area contributed by atoms with Crippen LogP contribution in [0, 0.1) is 25.2 Å². The second kappa shape index (κ2) is 11.0. The molecule has 1 aliphatic rings. The van der Waals surface area contributed by atoms with E-state index in [-0.39, 0.29) is 11.3 Å². The van der Waals surface area contributed by atoms with Crippen molar-refractivity contribution >= 4 is 51.7 Å². The van der Waals surface area contributed by atoms with E-state index in [1.165, 1.54) is 4.88 Å². The van der Waals surface area contributed by atoms with E-state index in [0.29, 0.717) is 28.1 Å². The Hall–Kier alpha value is -2.80. The molecule has 1 amide bonds. The van der Waals surface area contributed by atoms with Crippen molar-refractivity contribution in [1.82, 2.24) is 9.88 Å². The van der Waals surface area contributed by atoms with Crippen molar-refractivity contribution in [3.05, 3.63) is 91.4 Å². The van der Waals surface area contributed by atoms with E-state index in [1.807, 2.05) is 30.5 Å². The molecule has 1 atom stereocenters. The van der Waals surface area contributed by atoms with Gasteiger partial charge in [0.05, 0.1) is 28.4 Å². The Morgan fingerprint density at radius 3 is 2.69 bits per heavy atom. The summed E-state index contributed by atoms with van der Waals surface area (Å²) < 4.78 is 7.55. The Labute approximate surface area is 243 Å². The number of carbonyl (C=O) groups is 1. The molecule has 1 N–H and O–H groups in total. The molecule has 1 aromatic carbocycles. The van der Waals surface area contributed by atoms with E-state index in [4.69, 9.17) is 32.6 Å². The van der Waals surface area contributed by atoms with Crippen LogP contribution < -0.4 is 5.32 Å². The van der Waals surface area contributed by atoms with Crippen molar-refractivity contribution in [3.63, 3.8) is 0 Å². The van der Waals surface area contributed by atoms with Gasteiger partial charge in [-0.25, -0.2) is 4.99 Å². The molecule has 204 valence electrons. The van der Waals surface area contributed by atoms with Crippen molar-refractivity contribution in [3.8, 4) is 5.69 Å². The highest BCUT2D eigenvalue weighted by molar-refractivity contribution is 7.16. The zero-order chi connectivity index (χ0) is 27.9. The number of aliphatic imine (C=N–C) groups is 1. The molecule has 1 aliphatic carbocycles. The molecule has 0 spiro atoms. The maximum Gasteiger partial charge on any atom is 0.255 e. The molecule has 5 nitrogen and oxygen atoms in total. The first-order valence-corrected chi connectivity index (χ1v) is 14.7. The van der Waals surface area contributed by atoms with Crippen LogP contribution >= 0.6 is 34.5 Å². The number of nitrogens with one attached hydrogen (secondary N) is 1. The van der Waals surface area contributed by atoms with Gasteiger partial charge in [-0.1, -0.05) is 44.0 Å². The summed E-state index contributed by atoms with van der Waals surface area (Å²) in [6.07, 6.45) is 6.42. The highest BCUT2D eigenvalue weighted by Crippen LogP contribution is 2.45. The van der Waals surface area contributed by atoms with Crippen LogP contribution in [0.5, 0.6) is 0 Å². The molecule has 0 radical (unpaired) electrons. The average molecular weight is 583 g/mol. The number of amides is 1. The van der Waals surface area contributed by atoms with Gasteiger partial charge in [-0.05, 0) is 86.4 Å². The fraction of sp³-hybridized carbons (Fsp3) is 0.355. The molecular weight excluding hydrogens is 549 g/mol. The molecule has 0 unspecified atom stereocenters. The molecule has 39 heavy (non-hydrogen) atoms. The number of carbonyl (C=O) groups excluding carboxylic acids is 1. The van der Waals surface area contributed by atoms with Crippen molar-refractivity contribution in [1.29, 1.82) is 0 Å². The van der Waals surface area contributed by atoms with E-state index in [2.05, 4.69) is 50.6 Å². The Bertz CT molecular complexity index is 1540. The van der Waals surface area contributed by atoms with Gasteiger partial charge in [-0.2, -0.15) is 0 Å². The predicted molar refractivity (Wildman–Crippen MR) is 162 cm³/mol. The number of hydrogen-bond donors (Lipinski definition) is 1. The van der Waals surface area contributed by atoms with E-state index >= 15 is 0 Å². The van der Waals surface area contributed by atoms with Crippen LogP contribution in [0.4, 0.5) is 5.00 Å². The van der Waals surface area contributed by atoms with Gasteiger partial charge in [0.2, 0.25) is 0 Å². The van der Waals surface area contributed by atoms with Gasteiger partial charge in [0.15, 0.2) is 0 Å². The highest BCUT2D eigenvalue weighted by Gasteiger charge is 2.33. The second-order valence-corrected chi connectivity index (χ2v) is 13.2. The van der Waals surface area contributed by atoms with Crippen LogP contribution in [-0.4, -0.2) is 16.7 Å². The third kappa shape index (κ3) is 5.74. The van der Waals surface area contributed by atoms with Crippen LogP contribution in [0.25, 0.3) is 5.69 Å². The number of furan rings is 1. The number of aromatic nitrogens is 1. The first kappa shape index (κ1) is 27.8. The monoisotopic (exact) mass is 581 g/mol. The summed E-state index contributed by atoms with van der Waals surface area (Å²) in [6, 6.07) is 11.4. The van der Waals surface area contributed by atoms with Crippen molar-refractivity contribution < 1.29 is 9.21 Å². The summed E-state index contributed by atoms with van der Waals surface area (Å²) in [6.45, 7) is 11.4. The largest absolute Gasteiger partial charge is 0.467 e. The van der Waals surface area contributed by atoms with Gasteiger partial charge in [0.1, 0.15) is 10.8 Å². The first-order chi connectivity index (χ1) is 18.5. The minimum Gasteiger partial charge on any atom is -0.467 e. The summed E-state index contributed by atoms with van der Waals surface area (Å²) in [7, 11) is 0. The molecule has 5 rings (SSSR count). The fourth-order valence-electron chi connectivity index (χ4n) is 5.37. The number of hydrogen-bond acceptors (Lipinski definition) is 4. The molecule has 0 bridgehead atoms. The minimum atomic E-state index is -0.105. The highest BCUT2D eigenvalue weighted by atomic mass is 35.5. The smallest absolute Gasteiger partial charge is 0.255 e. The molecule has 3 aromatic heterocycles. The van der Waals surface area contributed by atoms with Crippen molar-refractivity contribution in [2.75, 3.05) is 0 Å². The lowest BCUT2D eigenvalue weighted by molar-refractivity contribution is 0.0947. The lowest BCUT2D eigenvalue weighted by Crippen LogP contribution is -2.28. The zero-order valence-corrected chi connectivity index (χ0v) is 25.2. The minimum absolute atomic E-state index is 0.105. The van der Waals surface area contributed by atoms with Gasteiger partial charge in [-0.3, -0.25) is 4.79 Å². The maximum atomic E-state index is 13.5. The molecule has 0 aliphatic heterocycles. The summed E-state index contributed by atoms with van der Waals surface area (Å²) in [5.41, 5.74) is 6.08. The number of rotatable bonds is 6. The summed E-state index contributed by atoms with van der Waals surface area (Å²) >= 11 is 14.1. The quantitative estimate of drug-likeness (QED) is 0.231. The van der Waals surface area contributed by atoms with Crippen molar-refractivity contribution in [2.24, 2.45) is 16.3 Å². The normalized spacial score (nSPS) is 15.6. The van der Waals surface area contributed by atoms with Crippen LogP contribution in [0.1, 0.15) is 70.7 Å². The Kier molecular flexibility index (Phi) is 7.82. The lowest BCUT2D eigenvalue weighted by atomic mass is 9.72. The molecular formula is C31H33Cl2N3O2S. The van der Waals surface area contributed by atoms with Gasteiger partial charge in [-0.15, -0.1) is 11.3 Å². The Morgan fingerprint density at radius 2 is 2.00 bits per heavy atom. The molecule has 0 saturated heterocycles. The summed E-state index contributed by atoms with van der Waals surface area (Å²) in [5.74, 6) is 1.19. The molecule has 0 fully saturated rings. The van der Waals surface area contributed by atoms with E-state index in [9.17, 15) is 4.79 Å². The number of benzene rings is 1. The number of fused-ring (bicyclic) bond motifs is 1. The zero-order valence-electron chi connectivity index (χ0n) is 22.9. The van der Waals surface area contributed by atoms with Gasteiger partial charge in [0, 0.05) is 33.7 Å². The van der Waals surface area contributed by atoms with Crippen LogP contribution in [0.15, 0.2) is 52.1 Å². The van der Waals surface area contributed by atoms with E-state index in [0.717, 1.165) is 58.2 Å².